The number of anilines is 2. The fourth-order valence-corrected chi connectivity index (χ4v) is 3.21. The molecule has 2 amide bonds. The summed E-state index contributed by atoms with van der Waals surface area (Å²) in [5, 5.41) is 9.69. The lowest BCUT2D eigenvalue weighted by atomic mass is 10.1. The molecule has 28 heavy (non-hydrogen) atoms. The van der Waals surface area contributed by atoms with Crippen LogP contribution in [-0.4, -0.2) is 70.9 Å². The van der Waals surface area contributed by atoms with Crippen molar-refractivity contribution in [1.82, 2.24) is 24.9 Å². The Morgan fingerprint density at radius 1 is 1.43 bits per heavy atom. The Kier molecular flexibility index (Phi) is 4.90. The van der Waals surface area contributed by atoms with Gasteiger partial charge >= 0.3 is 0 Å². The van der Waals surface area contributed by atoms with Crippen molar-refractivity contribution in [3.8, 4) is 0 Å². The fourth-order valence-electron chi connectivity index (χ4n) is 3.21. The number of imide groups is 1. The number of aromatic nitrogens is 4. The number of hydrogen-bond acceptors (Lipinski definition) is 8. The summed E-state index contributed by atoms with van der Waals surface area (Å²) in [4.78, 5) is 34.1. The number of fused-ring (bicyclic) bond motifs is 1. The smallest absolute Gasteiger partial charge is 0.254 e. The summed E-state index contributed by atoms with van der Waals surface area (Å²) in [6, 6.07) is 0. The van der Waals surface area contributed by atoms with Gasteiger partial charge in [-0.3, -0.25) is 14.9 Å². The van der Waals surface area contributed by atoms with Crippen molar-refractivity contribution in [2.45, 2.75) is 19.0 Å². The average Bonchev–Trinajstić information content (AvgIpc) is 3.35. The summed E-state index contributed by atoms with van der Waals surface area (Å²) in [7, 11) is 1.60. The first-order chi connectivity index (χ1) is 13.5. The minimum Gasteiger partial charge on any atom is -0.383 e. The number of rotatable bonds is 6. The Morgan fingerprint density at radius 2 is 2.29 bits per heavy atom. The maximum Gasteiger partial charge on any atom is 0.254 e. The molecule has 4 rings (SSSR count). The second-order valence-corrected chi connectivity index (χ2v) is 6.66. The number of halogens is 1. The Morgan fingerprint density at radius 3 is 2.96 bits per heavy atom. The number of carbonyl (C=O) groups excluding carboxylic acids is 2. The monoisotopic (exact) mass is 389 g/mol. The van der Waals surface area contributed by atoms with Crippen molar-refractivity contribution in [2.24, 2.45) is 0 Å². The van der Waals surface area contributed by atoms with Crippen LogP contribution in [0.1, 0.15) is 18.4 Å². The van der Waals surface area contributed by atoms with Crippen LogP contribution in [0.15, 0.2) is 11.8 Å². The molecule has 0 aliphatic carbocycles. The van der Waals surface area contributed by atoms with Crippen molar-refractivity contribution in [2.75, 3.05) is 43.6 Å². The number of carbonyl (C=O) groups is 2. The zero-order valence-corrected chi connectivity index (χ0v) is 15.3. The van der Waals surface area contributed by atoms with E-state index in [1.54, 1.807) is 24.3 Å². The third kappa shape index (κ3) is 3.52. The highest BCUT2D eigenvalue weighted by atomic mass is 19.1. The van der Waals surface area contributed by atoms with E-state index in [0.717, 1.165) is 0 Å². The molecule has 2 fully saturated rings. The standard InChI is InChI=1S/C17H20FN7O3/c1-28-5-3-19-16-23-17(24-4-2-12(18)9-24)22-14-11(8-20-25(14)16)6-10-7-13(26)21-15(10)27/h6,8,12H,2-5,7,9H2,1H3,(H,19,22,23)(H,21,26,27)/b10-6+. The second-order valence-electron chi connectivity index (χ2n) is 6.66. The van der Waals surface area contributed by atoms with Crippen LogP contribution in [0.4, 0.5) is 16.3 Å². The van der Waals surface area contributed by atoms with Gasteiger partial charge in [-0.25, -0.2) is 4.39 Å². The number of nitrogens with one attached hydrogen (secondary N) is 2. The number of nitrogens with zero attached hydrogens (tertiary/aromatic N) is 5. The summed E-state index contributed by atoms with van der Waals surface area (Å²) in [6.07, 6.45) is 2.69. The first kappa shape index (κ1) is 18.3. The summed E-state index contributed by atoms with van der Waals surface area (Å²) >= 11 is 0. The van der Waals surface area contributed by atoms with E-state index < -0.39 is 12.1 Å². The quantitative estimate of drug-likeness (QED) is 0.408. The molecular formula is C17H20FN7O3. The average molecular weight is 389 g/mol. The summed E-state index contributed by atoms with van der Waals surface area (Å²) < 4.78 is 20.2. The fraction of sp³-hybridized carbons (Fsp3) is 0.471. The van der Waals surface area contributed by atoms with E-state index in [4.69, 9.17) is 4.74 Å². The number of amides is 2. The molecule has 148 valence electrons. The maximum atomic E-state index is 13.7. The van der Waals surface area contributed by atoms with Gasteiger partial charge in [0, 0.05) is 31.3 Å². The topological polar surface area (TPSA) is 114 Å². The van der Waals surface area contributed by atoms with Crippen LogP contribution in [0.3, 0.4) is 0 Å². The molecule has 2 aliphatic rings. The molecule has 11 heteroatoms. The van der Waals surface area contributed by atoms with Gasteiger partial charge < -0.3 is 15.0 Å². The molecule has 0 bridgehead atoms. The highest BCUT2D eigenvalue weighted by molar-refractivity contribution is 6.15. The van der Waals surface area contributed by atoms with Gasteiger partial charge in [0.2, 0.25) is 17.8 Å². The zero-order valence-electron chi connectivity index (χ0n) is 15.3. The molecule has 0 aromatic carbocycles. The van der Waals surface area contributed by atoms with E-state index in [-0.39, 0.29) is 18.9 Å². The predicted molar refractivity (Wildman–Crippen MR) is 98.6 cm³/mol. The van der Waals surface area contributed by atoms with Crippen LogP contribution in [0.25, 0.3) is 11.7 Å². The van der Waals surface area contributed by atoms with Crippen LogP contribution in [0, 0.1) is 0 Å². The lowest BCUT2D eigenvalue weighted by molar-refractivity contribution is -0.124. The maximum absolute atomic E-state index is 13.7. The number of ether oxygens (including phenoxy) is 1. The predicted octanol–water partition coefficient (Wildman–Crippen LogP) is 0.161. The molecule has 2 saturated heterocycles. The van der Waals surface area contributed by atoms with E-state index in [2.05, 4.69) is 25.7 Å². The van der Waals surface area contributed by atoms with Crippen molar-refractivity contribution in [1.29, 1.82) is 0 Å². The van der Waals surface area contributed by atoms with Gasteiger partial charge in [0.25, 0.3) is 5.91 Å². The summed E-state index contributed by atoms with van der Waals surface area (Å²) in [5.41, 5.74) is 1.39. The van der Waals surface area contributed by atoms with Gasteiger partial charge in [-0.2, -0.15) is 19.6 Å². The zero-order chi connectivity index (χ0) is 19.7. The van der Waals surface area contributed by atoms with Gasteiger partial charge in [-0.05, 0) is 12.5 Å². The Bertz CT molecular complexity index is 958. The normalized spacial score (nSPS) is 21.1. The van der Waals surface area contributed by atoms with Gasteiger partial charge in [0.15, 0.2) is 5.65 Å². The van der Waals surface area contributed by atoms with Gasteiger partial charge in [0.1, 0.15) is 6.17 Å². The van der Waals surface area contributed by atoms with Crippen molar-refractivity contribution in [3.63, 3.8) is 0 Å². The molecule has 4 heterocycles. The molecule has 2 aliphatic heterocycles. The molecular weight excluding hydrogens is 369 g/mol. The molecule has 1 atom stereocenters. The van der Waals surface area contributed by atoms with Crippen molar-refractivity contribution in [3.05, 3.63) is 17.3 Å². The lowest BCUT2D eigenvalue weighted by Crippen LogP contribution is -2.24. The molecule has 0 spiro atoms. The summed E-state index contributed by atoms with van der Waals surface area (Å²) in [6.45, 7) is 1.73. The molecule has 2 aromatic rings. The van der Waals surface area contributed by atoms with Gasteiger partial charge in [0.05, 0.1) is 25.8 Å². The molecule has 0 saturated carbocycles. The van der Waals surface area contributed by atoms with Crippen LogP contribution >= 0.6 is 0 Å². The molecule has 10 nitrogen and oxygen atoms in total. The number of methoxy groups -OCH3 is 1. The Labute approximate surface area is 159 Å². The van der Waals surface area contributed by atoms with Crippen LogP contribution in [0.5, 0.6) is 0 Å². The van der Waals surface area contributed by atoms with Crippen LogP contribution < -0.4 is 15.5 Å². The molecule has 2 N–H and O–H groups in total. The van der Waals surface area contributed by atoms with E-state index in [9.17, 15) is 14.0 Å². The Balaban J connectivity index is 1.75. The Hall–Kier alpha value is -3.08. The van der Waals surface area contributed by atoms with Gasteiger partial charge in [-0.1, -0.05) is 0 Å². The van der Waals surface area contributed by atoms with Crippen molar-refractivity contribution >= 4 is 35.4 Å². The largest absolute Gasteiger partial charge is 0.383 e. The minimum absolute atomic E-state index is 0.0166. The lowest BCUT2D eigenvalue weighted by Gasteiger charge is -2.17. The SMILES string of the molecule is COCCNc1nc(N2CCC(F)C2)nc2c(/C=C3\CC(=O)NC3=O)cnn12. The van der Waals surface area contributed by atoms with Gasteiger partial charge in [-0.15, -0.1) is 0 Å². The third-order valence-corrected chi connectivity index (χ3v) is 4.61. The van der Waals surface area contributed by atoms with Crippen LogP contribution in [-0.2, 0) is 14.3 Å². The first-order valence-corrected chi connectivity index (χ1v) is 8.97. The number of hydrogen-bond donors (Lipinski definition) is 2. The second kappa shape index (κ2) is 7.50. The third-order valence-electron chi connectivity index (χ3n) is 4.61. The first-order valence-electron chi connectivity index (χ1n) is 8.97. The van der Waals surface area contributed by atoms with Crippen LogP contribution in [0.2, 0.25) is 0 Å². The number of alkyl halides is 1. The van der Waals surface area contributed by atoms with E-state index in [0.29, 0.717) is 54.8 Å². The highest BCUT2D eigenvalue weighted by Crippen LogP contribution is 2.24. The van der Waals surface area contributed by atoms with E-state index >= 15 is 0 Å². The summed E-state index contributed by atoms with van der Waals surface area (Å²) in [5.74, 6) is 0.0727. The molecule has 2 aromatic heterocycles. The highest BCUT2D eigenvalue weighted by Gasteiger charge is 2.27. The molecule has 1 unspecified atom stereocenters. The minimum atomic E-state index is -0.913. The van der Waals surface area contributed by atoms with Crippen molar-refractivity contribution < 1.29 is 18.7 Å². The van der Waals surface area contributed by atoms with E-state index in [1.165, 1.54) is 4.52 Å². The molecule has 0 radical (unpaired) electrons. The van der Waals surface area contributed by atoms with E-state index in [1.807, 2.05) is 0 Å².